The van der Waals surface area contributed by atoms with Crippen LogP contribution in [0.3, 0.4) is 0 Å². The normalized spacial score (nSPS) is 11.0. The van der Waals surface area contributed by atoms with Crippen LogP contribution in [0.1, 0.15) is 34.6 Å². The fraction of sp³-hybridized carbons (Fsp3) is 0.158. The molecule has 0 saturated heterocycles. The molecule has 0 spiro atoms. The number of nitrogens with zero attached hydrogens (tertiary/aromatic N) is 1. The van der Waals surface area contributed by atoms with Crippen LogP contribution in [0.5, 0.6) is 0 Å². The molecule has 0 aliphatic rings. The third-order valence-corrected chi connectivity index (χ3v) is 4.29. The van der Waals surface area contributed by atoms with Gasteiger partial charge in [0.25, 0.3) is 0 Å². The van der Waals surface area contributed by atoms with E-state index in [-0.39, 0.29) is 11.5 Å². The fourth-order valence-electron chi connectivity index (χ4n) is 1.99. The summed E-state index contributed by atoms with van der Waals surface area (Å²) in [5, 5.41) is 12.1. The summed E-state index contributed by atoms with van der Waals surface area (Å²) in [4.78, 5) is 40.7. The van der Waals surface area contributed by atoms with E-state index in [1.54, 1.807) is 48.5 Å². The van der Waals surface area contributed by atoms with Crippen molar-refractivity contribution in [1.82, 2.24) is 0 Å². The summed E-state index contributed by atoms with van der Waals surface area (Å²) in [6.45, 7) is 2.01. The van der Waals surface area contributed by atoms with Gasteiger partial charge in [0.2, 0.25) is 5.78 Å². The Morgan fingerprint density at radius 3 is 1.93 bits per heavy atom. The van der Waals surface area contributed by atoms with Crippen LogP contribution in [0.15, 0.2) is 63.5 Å². The van der Waals surface area contributed by atoms with Gasteiger partial charge in [-0.2, -0.15) is 0 Å². The number of carbonyl (C=O) groups excluding carboxylic acids is 3. The summed E-state index contributed by atoms with van der Waals surface area (Å²) in [6, 6.07) is 13.6. The minimum absolute atomic E-state index is 0.0796. The summed E-state index contributed by atoms with van der Waals surface area (Å²) in [5.74, 6) is -1.52. The van der Waals surface area contributed by atoms with Crippen LogP contribution in [0, 0.1) is 0 Å². The number of benzene rings is 2. The molecule has 8 heteroatoms. The second-order valence-electron chi connectivity index (χ2n) is 5.30. The summed E-state index contributed by atoms with van der Waals surface area (Å²) in [7, 11) is 0. The molecule has 2 aromatic rings. The Labute approximate surface area is 160 Å². The average Bonchev–Trinajstić information content (AvgIpc) is 2.67. The molecule has 27 heavy (non-hydrogen) atoms. The van der Waals surface area contributed by atoms with E-state index < -0.39 is 18.7 Å². The predicted octanol–water partition coefficient (Wildman–Crippen LogP) is 3.07. The molecule has 0 amide bonds. The van der Waals surface area contributed by atoms with Crippen molar-refractivity contribution in [3.05, 3.63) is 59.7 Å². The van der Waals surface area contributed by atoms with E-state index in [0.29, 0.717) is 11.1 Å². The number of Topliss-reactive ketones (excluding diaryl/α,β-unsaturated/α-hetero) is 1. The molecule has 7 nitrogen and oxygen atoms in total. The maximum atomic E-state index is 12.2. The predicted molar refractivity (Wildman–Crippen MR) is 98.7 cm³/mol. The second kappa shape index (κ2) is 9.65. The first-order chi connectivity index (χ1) is 12.9. The quantitative estimate of drug-likeness (QED) is 0.194. The average molecular weight is 387 g/mol. The van der Waals surface area contributed by atoms with Gasteiger partial charge in [-0.05, 0) is 55.5 Å². The first kappa shape index (κ1) is 20.3. The molecule has 0 unspecified atom stereocenters. The smallest absolute Gasteiger partial charge is 0.340 e. The lowest BCUT2D eigenvalue weighted by Crippen LogP contribution is -2.11. The highest BCUT2D eigenvalue weighted by atomic mass is 32.2. The lowest BCUT2D eigenvalue weighted by Gasteiger charge is -2.05. The van der Waals surface area contributed by atoms with Crippen LogP contribution < -0.4 is 0 Å². The number of hydrogen-bond donors (Lipinski definition) is 1. The second-order valence-corrected chi connectivity index (χ2v) is 6.45. The molecule has 0 aliphatic heterocycles. The molecule has 1 N–H and O–H groups in total. The summed E-state index contributed by atoms with van der Waals surface area (Å²) in [6.07, 6.45) is 0. The first-order valence-corrected chi connectivity index (χ1v) is 8.65. The van der Waals surface area contributed by atoms with Crippen LogP contribution in [-0.4, -0.2) is 35.3 Å². The van der Waals surface area contributed by atoms with E-state index in [4.69, 9.17) is 5.11 Å². The van der Waals surface area contributed by atoms with Gasteiger partial charge in [0.1, 0.15) is 5.71 Å². The maximum absolute atomic E-state index is 12.2. The number of ketones is 1. The lowest BCUT2D eigenvalue weighted by atomic mass is 10.1. The summed E-state index contributed by atoms with van der Waals surface area (Å²) < 4.78 is 4.51. The topological polar surface area (TPSA) is 102 Å². The van der Waals surface area contributed by atoms with E-state index in [0.717, 1.165) is 9.79 Å². The summed E-state index contributed by atoms with van der Waals surface area (Å²) in [5.41, 5.74) is 0.850. The highest BCUT2D eigenvalue weighted by molar-refractivity contribution is 7.99. The monoisotopic (exact) mass is 387 g/mol. The fourth-order valence-corrected chi connectivity index (χ4v) is 2.81. The van der Waals surface area contributed by atoms with Crippen molar-refractivity contribution in [2.45, 2.75) is 23.6 Å². The number of aliphatic hydroxyl groups excluding tert-OH is 1. The van der Waals surface area contributed by atoms with Gasteiger partial charge in [-0.15, -0.1) is 0 Å². The van der Waals surface area contributed by atoms with Gasteiger partial charge in [-0.3, -0.25) is 4.79 Å². The van der Waals surface area contributed by atoms with E-state index in [1.165, 1.54) is 25.6 Å². The maximum Gasteiger partial charge on any atom is 0.340 e. The molecule has 0 fully saturated rings. The molecule has 140 valence electrons. The van der Waals surface area contributed by atoms with E-state index in [1.807, 2.05) is 0 Å². The summed E-state index contributed by atoms with van der Waals surface area (Å²) >= 11 is 1.45. The van der Waals surface area contributed by atoms with Crippen LogP contribution in [0.25, 0.3) is 0 Å². The minimum atomic E-state index is -0.661. The number of carbonyl (C=O) groups is 3. The highest BCUT2D eigenvalue weighted by Crippen LogP contribution is 2.28. The first-order valence-electron chi connectivity index (χ1n) is 7.83. The van der Waals surface area contributed by atoms with Gasteiger partial charge >= 0.3 is 11.9 Å². The zero-order valence-electron chi connectivity index (χ0n) is 14.7. The Hall–Kier alpha value is -2.97. The molecule has 0 aromatic heterocycles. The van der Waals surface area contributed by atoms with Crippen molar-refractivity contribution in [1.29, 1.82) is 0 Å². The van der Waals surface area contributed by atoms with Crippen molar-refractivity contribution in [3.8, 4) is 0 Å². The Balaban J connectivity index is 2.03. The van der Waals surface area contributed by atoms with Crippen molar-refractivity contribution >= 4 is 35.2 Å². The molecule has 0 saturated carbocycles. The van der Waals surface area contributed by atoms with Gasteiger partial charge in [-0.1, -0.05) is 16.9 Å². The van der Waals surface area contributed by atoms with Crippen molar-refractivity contribution in [2.24, 2.45) is 5.16 Å². The standard InChI is InChI=1S/C19H17NO6S/c1-12(20-26-13(2)22)18(23)14-3-7-16(8-4-14)27-17-9-5-15(6-10-17)19(24)25-11-21/h3-10,21H,11H2,1-2H3/b20-12+. The van der Waals surface area contributed by atoms with Gasteiger partial charge in [0.15, 0.2) is 6.79 Å². The number of esters is 1. The van der Waals surface area contributed by atoms with Crippen LogP contribution in [0.2, 0.25) is 0 Å². The minimum Gasteiger partial charge on any atom is -0.435 e. The van der Waals surface area contributed by atoms with Gasteiger partial charge in [0, 0.05) is 22.3 Å². The Kier molecular flexibility index (Phi) is 7.27. The number of hydrogen-bond acceptors (Lipinski definition) is 8. The van der Waals surface area contributed by atoms with E-state index in [9.17, 15) is 14.4 Å². The Morgan fingerprint density at radius 1 is 0.926 bits per heavy atom. The molecule has 2 aromatic carbocycles. The molecule has 0 heterocycles. The van der Waals surface area contributed by atoms with Crippen molar-refractivity contribution in [3.63, 3.8) is 0 Å². The van der Waals surface area contributed by atoms with Crippen LogP contribution in [-0.2, 0) is 14.4 Å². The zero-order chi connectivity index (χ0) is 19.8. The number of rotatable bonds is 7. The van der Waals surface area contributed by atoms with Crippen LogP contribution >= 0.6 is 11.8 Å². The van der Waals surface area contributed by atoms with Gasteiger partial charge in [-0.25, -0.2) is 9.59 Å². The zero-order valence-corrected chi connectivity index (χ0v) is 15.5. The molecule has 2 rings (SSSR count). The Bertz CT molecular complexity index is 859. The highest BCUT2D eigenvalue weighted by Gasteiger charge is 2.11. The van der Waals surface area contributed by atoms with E-state index in [2.05, 4.69) is 14.7 Å². The van der Waals surface area contributed by atoms with Crippen molar-refractivity contribution in [2.75, 3.05) is 6.79 Å². The number of oxime groups is 1. The third-order valence-electron chi connectivity index (χ3n) is 3.28. The molecule has 0 atom stereocenters. The number of ether oxygens (including phenoxy) is 1. The molecule has 0 bridgehead atoms. The van der Waals surface area contributed by atoms with Crippen LogP contribution in [0.4, 0.5) is 0 Å². The van der Waals surface area contributed by atoms with Crippen molar-refractivity contribution < 1.29 is 29.1 Å². The van der Waals surface area contributed by atoms with Gasteiger partial charge in [0.05, 0.1) is 5.56 Å². The lowest BCUT2D eigenvalue weighted by molar-refractivity contribution is -0.140. The third kappa shape index (κ3) is 6.05. The van der Waals surface area contributed by atoms with E-state index >= 15 is 0 Å². The SMILES string of the molecule is CC(=O)O/N=C(\C)C(=O)c1ccc(Sc2ccc(C(=O)OCO)cc2)cc1. The Morgan fingerprint density at radius 2 is 1.44 bits per heavy atom. The molecule has 0 radical (unpaired) electrons. The number of aliphatic hydroxyl groups is 1. The molecular weight excluding hydrogens is 370 g/mol. The largest absolute Gasteiger partial charge is 0.435 e. The molecule has 0 aliphatic carbocycles. The molecular formula is C19H17NO6S. The van der Waals surface area contributed by atoms with Gasteiger partial charge < -0.3 is 14.7 Å².